The van der Waals surface area contributed by atoms with Gasteiger partial charge in [-0.3, -0.25) is 10.2 Å². The van der Waals surface area contributed by atoms with Crippen molar-refractivity contribution in [2.45, 2.75) is 13.8 Å². The maximum Gasteiger partial charge on any atom is 0.262 e. The van der Waals surface area contributed by atoms with E-state index in [1.807, 2.05) is 80.6 Å². The molecule has 156 valence electrons. The van der Waals surface area contributed by atoms with Crippen LogP contribution in [-0.4, -0.2) is 23.7 Å². The van der Waals surface area contributed by atoms with Crippen LogP contribution in [0.4, 0.5) is 10.8 Å². The van der Waals surface area contributed by atoms with E-state index in [0.717, 1.165) is 32.2 Å². The van der Waals surface area contributed by atoms with Gasteiger partial charge >= 0.3 is 0 Å². The van der Waals surface area contributed by atoms with E-state index >= 15 is 0 Å². The standard InChI is InChI=1S/C24H22N4O2S/c1-16-10-11-19(12-17(16)2)26-23(29)15-30-20-7-5-6-18(13-20)14-25-28-24-27-21-8-3-4-9-22(21)31-24/h3-14H,15H2,1-2H3,(H,26,29)(H,27,28)/b25-14-. The summed E-state index contributed by atoms with van der Waals surface area (Å²) in [6.45, 7) is 3.98. The largest absolute Gasteiger partial charge is 0.484 e. The molecule has 0 aliphatic heterocycles. The van der Waals surface area contributed by atoms with E-state index in [1.54, 1.807) is 17.6 Å². The fourth-order valence-corrected chi connectivity index (χ4v) is 3.75. The van der Waals surface area contributed by atoms with Crippen LogP contribution in [0.1, 0.15) is 16.7 Å². The molecule has 31 heavy (non-hydrogen) atoms. The number of nitrogens with zero attached hydrogens (tertiary/aromatic N) is 2. The Kier molecular flexibility index (Phi) is 6.24. The lowest BCUT2D eigenvalue weighted by Crippen LogP contribution is -2.20. The zero-order valence-corrected chi connectivity index (χ0v) is 18.1. The molecule has 1 amide bonds. The zero-order chi connectivity index (χ0) is 21.6. The molecule has 7 heteroatoms. The number of hydrogen-bond acceptors (Lipinski definition) is 6. The minimum absolute atomic E-state index is 0.0719. The second kappa shape index (κ2) is 9.40. The number of aromatic nitrogens is 1. The summed E-state index contributed by atoms with van der Waals surface area (Å²) in [6, 6.07) is 21.2. The van der Waals surface area contributed by atoms with Gasteiger partial charge in [-0.05, 0) is 66.9 Å². The Morgan fingerprint density at radius 1 is 1.06 bits per heavy atom. The molecule has 3 aromatic carbocycles. The Labute approximate surface area is 184 Å². The average Bonchev–Trinajstić information content (AvgIpc) is 3.18. The number of hydrogen-bond donors (Lipinski definition) is 2. The van der Waals surface area contributed by atoms with Crippen molar-refractivity contribution in [1.29, 1.82) is 0 Å². The number of thiazole rings is 1. The summed E-state index contributed by atoms with van der Waals surface area (Å²) in [5, 5.41) is 7.83. The predicted molar refractivity (Wildman–Crippen MR) is 127 cm³/mol. The molecule has 1 aromatic heterocycles. The van der Waals surface area contributed by atoms with Crippen molar-refractivity contribution in [3.05, 3.63) is 83.4 Å². The summed E-state index contributed by atoms with van der Waals surface area (Å²) in [5.41, 5.74) is 7.83. The van der Waals surface area contributed by atoms with Gasteiger partial charge in [0.2, 0.25) is 5.13 Å². The number of hydrazone groups is 1. The highest BCUT2D eigenvalue weighted by Gasteiger charge is 2.05. The van der Waals surface area contributed by atoms with Gasteiger partial charge in [-0.2, -0.15) is 5.10 Å². The Morgan fingerprint density at radius 2 is 1.94 bits per heavy atom. The first-order valence-electron chi connectivity index (χ1n) is 9.81. The molecule has 0 saturated carbocycles. The number of carbonyl (C=O) groups excluding carboxylic acids is 1. The van der Waals surface area contributed by atoms with Crippen LogP contribution in [0.3, 0.4) is 0 Å². The highest BCUT2D eigenvalue weighted by molar-refractivity contribution is 7.22. The molecule has 0 aliphatic rings. The molecule has 1 heterocycles. The van der Waals surface area contributed by atoms with Crippen molar-refractivity contribution in [3.8, 4) is 5.75 Å². The molecule has 4 aromatic rings. The summed E-state index contributed by atoms with van der Waals surface area (Å²) < 4.78 is 6.74. The lowest BCUT2D eigenvalue weighted by Gasteiger charge is -2.09. The third kappa shape index (κ3) is 5.46. The Bertz CT molecular complexity index is 1220. The molecule has 0 saturated heterocycles. The number of ether oxygens (including phenoxy) is 1. The van der Waals surface area contributed by atoms with Crippen LogP contribution in [0.25, 0.3) is 10.2 Å². The van der Waals surface area contributed by atoms with E-state index in [-0.39, 0.29) is 12.5 Å². The van der Waals surface area contributed by atoms with E-state index in [1.165, 1.54) is 5.56 Å². The van der Waals surface area contributed by atoms with Crippen LogP contribution >= 0.6 is 11.3 Å². The van der Waals surface area contributed by atoms with Gasteiger partial charge in [-0.1, -0.05) is 41.7 Å². The molecule has 6 nitrogen and oxygen atoms in total. The number of para-hydroxylation sites is 1. The predicted octanol–water partition coefficient (Wildman–Crippen LogP) is 5.38. The van der Waals surface area contributed by atoms with Crippen LogP contribution in [0.2, 0.25) is 0 Å². The summed E-state index contributed by atoms with van der Waals surface area (Å²) >= 11 is 1.54. The Hall–Kier alpha value is -3.71. The number of nitrogens with one attached hydrogen (secondary N) is 2. The first-order chi connectivity index (χ1) is 15.1. The number of amides is 1. The molecule has 2 N–H and O–H groups in total. The SMILES string of the molecule is Cc1ccc(NC(=O)COc2cccc(/C=N\Nc3nc4ccccc4s3)c2)cc1C. The Morgan fingerprint density at radius 3 is 2.77 bits per heavy atom. The minimum atomic E-state index is -0.208. The molecule has 0 unspecified atom stereocenters. The third-order valence-electron chi connectivity index (χ3n) is 4.69. The van der Waals surface area contributed by atoms with Gasteiger partial charge in [-0.25, -0.2) is 4.98 Å². The van der Waals surface area contributed by atoms with Gasteiger partial charge < -0.3 is 10.1 Å². The molecule has 0 atom stereocenters. The van der Waals surface area contributed by atoms with E-state index in [2.05, 4.69) is 20.8 Å². The van der Waals surface area contributed by atoms with Gasteiger partial charge in [0.15, 0.2) is 6.61 Å². The van der Waals surface area contributed by atoms with E-state index < -0.39 is 0 Å². The van der Waals surface area contributed by atoms with E-state index in [4.69, 9.17) is 4.74 Å². The van der Waals surface area contributed by atoms with Gasteiger partial charge in [0, 0.05) is 5.69 Å². The molecular formula is C24H22N4O2S. The fraction of sp³-hybridized carbons (Fsp3) is 0.125. The summed E-state index contributed by atoms with van der Waals surface area (Å²) in [4.78, 5) is 16.7. The lowest BCUT2D eigenvalue weighted by atomic mass is 10.1. The normalized spacial score (nSPS) is 11.0. The molecule has 4 rings (SSSR count). The number of benzene rings is 3. The lowest BCUT2D eigenvalue weighted by molar-refractivity contribution is -0.118. The summed E-state index contributed by atoms with van der Waals surface area (Å²) in [5.74, 6) is 0.388. The molecule has 0 aliphatic carbocycles. The number of fused-ring (bicyclic) bond motifs is 1. The third-order valence-corrected chi connectivity index (χ3v) is 5.63. The van der Waals surface area contributed by atoms with Gasteiger partial charge in [0.05, 0.1) is 16.4 Å². The van der Waals surface area contributed by atoms with Crippen LogP contribution < -0.4 is 15.5 Å². The van der Waals surface area contributed by atoms with E-state index in [9.17, 15) is 4.79 Å². The van der Waals surface area contributed by atoms with Crippen molar-refractivity contribution >= 4 is 44.5 Å². The van der Waals surface area contributed by atoms with Crippen molar-refractivity contribution in [3.63, 3.8) is 0 Å². The first-order valence-corrected chi connectivity index (χ1v) is 10.6. The number of anilines is 2. The van der Waals surface area contributed by atoms with Crippen molar-refractivity contribution in [1.82, 2.24) is 4.98 Å². The fourth-order valence-electron chi connectivity index (χ4n) is 2.93. The van der Waals surface area contributed by atoms with Gasteiger partial charge in [0.25, 0.3) is 5.91 Å². The number of aryl methyl sites for hydroxylation is 2. The van der Waals surface area contributed by atoms with Crippen molar-refractivity contribution in [2.75, 3.05) is 17.3 Å². The molecule has 0 fully saturated rings. The highest BCUT2D eigenvalue weighted by Crippen LogP contribution is 2.25. The minimum Gasteiger partial charge on any atom is -0.484 e. The highest BCUT2D eigenvalue weighted by atomic mass is 32.1. The van der Waals surface area contributed by atoms with Crippen LogP contribution in [-0.2, 0) is 4.79 Å². The smallest absolute Gasteiger partial charge is 0.262 e. The van der Waals surface area contributed by atoms with Crippen LogP contribution in [0, 0.1) is 13.8 Å². The average molecular weight is 431 g/mol. The molecule has 0 radical (unpaired) electrons. The number of carbonyl (C=O) groups is 1. The van der Waals surface area contributed by atoms with Gasteiger partial charge in [-0.15, -0.1) is 0 Å². The Balaban J connectivity index is 1.31. The first kappa shape index (κ1) is 20.6. The maximum atomic E-state index is 12.2. The molecule has 0 spiro atoms. The number of rotatable bonds is 7. The summed E-state index contributed by atoms with van der Waals surface area (Å²) in [6.07, 6.45) is 1.69. The summed E-state index contributed by atoms with van der Waals surface area (Å²) in [7, 11) is 0. The topological polar surface area (TPSA) is 75.6 Å². The second-order valence-electron chi connectivity index (χ2n) is 7.07. The van der Waals surface area contributed by atoms with Crippen LogP contribution in [0.15, 0.2) is 71.8 Å². The molecular weight excluding hydrogens is 408 g/mol. The van der Waals surface area contributed by atoms with E-state index in [0.29, 0.717) is 5.75 Å². The van der Waals surface area contributed by atoms with Crippen LogP contribution in [0.5, 0.6) is 5.75 Å². The molecule has 0 bridgehead atoms. The van der Waals surface area contributed by atoms with Gasteiger partial charge in [0.1, 0.15) is 5.75 Å². The quantitative estimate of drug-likeness (QED) is 0.305. The maximum absolute atomic E-state index is 12.2. The zero-order valence-electron chi connectivity index (χ0n) is 17.3. The monoisotopic (exact) mass is 430 g/mol. The van der Waals surface area contributed by atoms with Crippen molar-refractivity contribution in [2.24, 2.45) is 5.10 Å². The second-order valence-corrected chi connectivity index (χ2v) is 8.10. The van der Waals surface area contributed by atoms with Crippen molar-refractivity contribution < 1.29 is 9.53 Å².